The van der Waals surface area contributed by atoms with Gasteiger partial charge in [0.15, 0.2) is 0 Å². The Bertz CT molecular complexity index is 383. The van der Waals surface area contributed by atoms with Crippen molar-refractivity contribution in [2.45, 2.75) is 13.8 Å². The summed E-state index contributed by atoms with van der Waals surface area (Å²) in [5.74, 6) is -0.188. The van der Waals surface area contributed by atoms with E-state index in [9.17, 15) is 4.79 Å². The molecule has 0 amide bonds. The second kappa shape index (κ2) is 4.46. The molecule has 0 aliphatic carbocycles. The normalized spacial score (nSPS) is 12.3. The lowest BCUT2D eigenvalue weighted by atomic mass is 10.2. The molecule has 1 aromatic heterocycles. The molecule has 0 saturated carbocycles. The van der Waals surface area contributed by atoms with Crippen LogP contribution in [0.4, 0.5) is 0 Å². The largest absolute Gasteiger partial charge is 0.478 e. The summed E-state index contributed by atoms with van der Waals surface area (Å²) in [4.78, 5) is 10.3. The van der Waals surface area contributed by atoms with Crippen molar-refractivity contribution in [2.75, 3.05) is 0 Å². The van der Waals surface area contributed by atoms with Gasteiger partial charge in [-0.25, -0.2) is 4.79 Å². The first-order chi connectivity index (χ1) is 6.59. The van der Waals surface area contributed by atoms with E-state index in [0.717, 1.165) is 17.4 Å². The Labute approximate surface area is 82.4 Å². The summed E-state index contributed by atoms with van der Waals surface area (Å²) in [6.45, 7) is 3.66. The first-order valence-corrected chi connectivity index (χ1v) is 4.23. The molecule has 0 aliphatic heterocycles. The molecule has 0 unspecified atom stereocenters. The van der Waals surface area contributed by atoms with Crippen LogP contribution in [-0.4, -0.2) is 11.1 Å². The van der Waals surface area contributed by atoms with Crippen molar-refractivity contribution < 1.29 is 14.3 Å². The van der Waals surface area contributed by atoms with Crippen LogP contribution in [0.15, 0.2) is 34.5 Å². The van der Waals surface area contributed by atoms with Crippen LogP contribution in [0.1, 0.15) is 18.2 Å². The van der Waals surface area contributed by atoms with Gasteiger partial charge in [0.2, 0.25) is 0 Å². The van der Waals surface area contributed by atoms with Gasteiger partial charge in [-0.3, -0.25) is 0 Å². The van der Waals surface area contributed by atoms with E-state index >= 15 is 0 Å². The predicted molar refractivity (Wildman–Crippen MR) is 53.9 cm³/mol. The number of hydrogen-bond donors (Lipinski definition) is 1. The van der Waals surface area contributed by atoms with Crippen LogP contribution in [0.3, 0.4) is 0 Å². The Morgan fingerprint density at radius 2 is 2.29 bits per heavy atom. The molecule has 1 N–H and O–H groups in total. The third kappa shape index (κ3) is 2.94. The molecule has 0 aliphatic rings. The first-order valence-electron chi connectivity index (χ1n) is 4.23. The summed E-state index contributed by atoms with van der Waals surface area (Å²) in [6.07, 6.45) is 6.21. The number of furan rings is 1. The molecule has 0 spiro atoms. The average molecular weight is 192 g/mol. The molecule has 14 heavy (non-hydrogen) atoms. The van der Waals surface area contributed by atoms with E-state index in [0.29, 0.717) is 5.57 Å². The molecule has 0 bridgehead atoms. The zero-order valence-electron chi connectivity index (χ0n) is 8.15. The highest BCUT2D eigenvalue weighted by molar-refractivity contribution is 5.81. The minimum atomic E-state index is -0.941. The highest BCUT2D eigenvalue weighted by Gasteiger charge is 1.96. The molecule has 0 atom stereocenters. The maximum atomic E-state index is 10.3. The van der Waals surface area contributed by atoms with Gasteiger partial charge in [-0.2, -0.15) is 0 Å². The SMILES string of the molecule is CC(=C/C(=O)O)/C=C/c1occc1C. The molecule has 74 valence electrons. The minimum absolute atomic E-state index is 0.674. The summed E-state index contributed by atoms with van der Waals surface area (Å²) < 4.78 is 5.16. The van der Waals surface area contributed by atoms with Crippen molar-refractivity contribution in [3.63, 3.8) is 0 Å². The van der Waals surface area contributed by atoms with Crippen LogP contribution in [0.25, 0.3) is 6.08 Å². The van der Waals surface area contributed by atoms with E-state index in [1.807, 2.05) is 13.0 Å². The Balaban J connectivity index is 2.74. The molecule has 0 aromatic carbocycles. The maximum Gasteiger partial charge on any atom is 0.328 e. The molecule has 1 aromatic rings. The highest BCUT2D eigenvalue weighted by atomic mass is 16.4. The van der Waals surface area contributed by atoms with Crippen LogP contribution in [0.2, 0.25) is 0 Å². The van der Waals surface area contributed by atoms with Crippen molar-refractivity contribution in [2.24, 2.45) is 0 Å². The number of aliphatic carboxylic acids is 1. The summed E-state index contributed by atoms with van der Waals surface area (Å²) >= 11 is 0. The minimum Gasteiger partial charge on any atom is -0.478 e. The van der Waals surface area contributed by atoms with Gasteiger partial charge in [0, 0.05) is 6.08 Å². The van der Waals surface area contributed by atoms with Gasteiger partial charge in [0.1, 0.15) is 5.76 Å². The Morgan fingerprint density at radius 1 is 1.57 bits per heavy atom. The average Bonchev–Trinajstić information content (AvgIpc) is 2.46. The molecule has 3 heteroatoms. The quantitative estimate of drug-likeness (QED) is 0.591. The van der Waals surface area contributed by atoms with E-state index in [-0.39, 0.29) is 0 Å². The van der Waals surface area contributed by atoms with Gasteiger partial charge >= 0.3 is 5.97 Å². The number of hydrogen-bond acceptors (Lipinski definition) is 2. The molecular formula is C11H12O3. The molecule has 0 fully saturated rings. The third-order valence-corrected chi connectivity index (χ3v) is 1.75. The second-order valence-corrected chi connectivity index (χ2v) is 3.03. The zero-order chi connectivity index (χ0) is 10.6. The Kier molecular flexibility index (Phi) is 3.29. The van der Waals surface area contributed by atoms with Crippen LogP contribution in [0.5, 0.6) is 0 Å². The van der Waals surface area contributed by atoms with Crippen LogP contribution >= 0.6 is 0 Å². The van der Waals surface area contributed by atoms with Crippen LogP contribution in [0, 0.1) is 6.92 Å². The fourth-order valence-corrected chi connectivity index (χ4v) is 1.01. The molecular weight excluding hydrogens is 180 g/mol. The van der Waals surface area contributed by atoms with E-state index < -0.39 is 5.97 Å². The number of carboxylic acids is 1. The lowest BCUT2D eigenvalue weighted by Crippen LogP contribution is -1.87. The zero-order valence-corrected chi connectivity index (χ0v) is 8.15. The summed E-state index contributed by atoms with van der Waals surface area (Å²) in [7, 11) is 0. The van der Waals surface area contributed by atoms with Crippen LogP contribution in [-0.2, 0) is 4.79 Å². The van der Waals surface area contributed by atoms with Crippen molar-refractivity contribution >= 4 is 12.0 Å². The van der Waals surface area contributed by atoms with E-state index in [2.05, 4.69) is 0 Å². The lowest BCUT2D eigenvalue weighted by Gasteiger charge is -1.90. The fourth-order valence-electron chi connectivity index (χ4n) is 1.01. The number of carboxylic acid groups (broad SMARTS) is 1. The summed E-state index contributed by atoms with van der Waals surface area (Å²) in [6, 6.07) is 1.86. The molecule has 3 nitrogen and oxygen atoms in total. The number of aryl methyl sites for hydroxylation is 1. The highest BCUT2D eigenvalue weighted by Crippen LogP contribution is 2.11. The summed E-state index contributed by atoms with van der Waals surface area (Å²) in [5.41, 5.74) is 1.71. The van der Waals surface area contributed by atoms with E-state index in [4.69, 9.17) is 9.52 Å². The standard InChI is InChI=1S/C11H12O3/c1-8(7-11(12)13)3-4-10-9(2)5-6-14-10/h3-7H,1-2H3,(H,12,13)/b4-3+,8-7-. The smallest absolute Gasteiger partial charge is 0.328 e. The van der Waals surface area contributed by atoms with Gasteiger partial charge in [-0.1, -0.05) is 6.08 Å². The van der Waals surface area contributed by atoms with Gasteiger partial charge in [0.05, 0.1) is 6.26 Å². The number of carbonyl (C=O) groups is 1. The maximum absolute atomic E-state index is 10.3. The molecule has 1 heterocycles. The van der Waals surface area contributed by atoms with Crippen molar-refractivity contribution in [1.82, 2.24) is 0 Å². The number of allylic oxidation sites excluding steroid dienone is 2. The van der Waals surface area contributed by atoms with Crippen molar-refractivity contribution in [3.8, 4) is 0 Å². The number of rotatable bonds is 3. The molecule has 0 radical (unpaired) electrons. The topological polar surface area (TPSA) is 50.4 Å². The van der Waals surface area contributed by atoms with Gasteiger partial charge in [-0.05, 0) is 37.1 Å². The van der Waals surface area contributed by atoms with Gasteiger partial charge < -0.3 is 9.52 Å². The Hall–Kier alpha value is -1.77. The van der Waals surface area contributed by atoms with Gasteiger partial charge in [0.25, 0.3) is 0 Å². The predicted octanol–water partition coefficient (Wildman–Crippen LogP) is 2.63. The van der Waals surface area contributed by atoms with Gasteiger partial charge in [-0.15, -0.1) is 0 Å². The lowest BCUT2D eigenvalue weighted by molar-refractivity contribution is -0.131. The van der Waals surface area contributed by atoms with E-state index in [1.165, 1.54) is 0 Å². The van der Waals surface area contributed by atoms with Crippen molar-refractivity contribution in [3.05, 3.63) is 41.4 Å². The first kappa shape index (κ1) is 10.3. The van der Waals surface area contributed by atoms with Crippen LogP contribution < -0.4 is 0 Å². The van der Waals surface area contributed by atoms with E-state index in [1.54, 1.807) is 25.3 Å². The summed E-state index contributed by atoms with van der Waals surface area (Å²) in [5, 5.41) is 8.46. The second-order valence-electron chi connectivity index (χ2n) is 3.03. The third-order valence-electron chi connectivity index (χ3n) is 1.75. The van der Waals surface area contributed by atoms with Crippen molar-refractivity contribution in [1.29, 1.82) is 0 Å². The fraction of sp³-hybridized carbons (Fsp3) is 0.182. The Morgan fingerprint density at radius 3 is 2.79 bits per heavy atom. The molecule has 0 saturated heterocycles. The monoisotopic (exact) mass is 192 g/mol. The molecule has 1 rings (SSSR count).